The summed E-state index contributed by atoms with van der Waals surface area (Å²) in [4.78, 5) is 10.8. The van der Waals surface area contributed by atoms with Crippen molar-refractivity contribution < 1.29 is 14.6 Å². The van der Waals surface area contributed by atoms with Crippen LogP contribution in [0, 0.1) is 11.3 Å². The zero-order valence-electron chi connectivity index (χ0n) is 7.45. The van der Waals surface area contributed by atoms with Crippen molar-refractivity contribution in [2.45, 2.75) is 19.8 Å². The summed E-state index contributed by atoms with van der Waals surface area (Å²) in [6.07, 6.45) is 2.54. The summed E-state index contributed by atoms with van der Waals surface area (Å²) < 4.78 is 5.18. The van der Waals surface area contributed by atoms with Crippen LogP contribution >= 0.6 is 0 Å². The Morgan fingerprint density at radius 1 is 1.75 bits per heavy atom. The van der Waals surface area contributed by atoms with Crippen molar-refractivity contribution >= 4 is 6.29 Å². The summed E-state index contributed by atoms with van der Waals surface area (Å²) in [5.41, 5.74) is -0.303. The van der Waals surface area contributed by atoms with Gasteiger partial charge in [0.2, 0.25) is 0 Å². The Balaban J connectivity index is 2.49. The van der Waals surface area contributed by atoms with Crippen molar-refractivity contribution in [1.82, 2.24) is 0 Å². The quantitative estimate of drug-likeness (QED) is 0.632. The number of hydrogen-bond acceptors (Lipinski definition) is 3. The zero-order valence-corrected chi connectivity index (χ0v) is 7.45. The molecule has 0 aromatic heterocycles. The lowest BCUT2D eigenvalue weighted by molar-refractivity contribution is -0.117. The minimum Gasteiger partial charge on any atom is -0.396 e. The van der Waals surface area contributed by atoms with E-state index in [4.69, 9.17) is 9.84 Å². The maximum atomic E-state index is 10.8. The second-order valence-electron chi connectivity index (χ2n) is 3.77. The molecular weight excluding hydrogens is 156 g/mol. The summed E-state index contributed by atoms with van der Waals surface area (Å²) >= 11 is 0. The molecule has 1 N–H and O–H groups in total. The van der Waals surface area contributed by atoms with Gasteiger partial charge in [-0.3, -0.25) is 0 Å². The molecule has 1 heterocycles. The first-order chi connectivity index (χ1) is 5.72. The van der Waals surface area contributed by atoms with E-state index in [1.165, 1.54) is 0 Å². The first kappa shape index (κ1) is 9.68. The van der Waals surface area contributed by atoms with Gasteiger partial charge < -0.3 is 14.6 Å². The largest absolute Gasteiger partial charge is 0.396 e. The molecule has 1 aliphatic heterocycles. The van der Waals surface area contributed by atoms with Crippen molar-refractivity contribution in [3.63, 3.8) is 0 Å². The number of aliphatic hydroxyl groups is 1. The van der Waals surface area contributed by atoms with E-state index in [-0.39, 0.29) is 17.9 Å². The molecule has 0 bridgehead atoms. The third-order valence-corrected chi connectivity index (χ3v) is 2.45. The SMILES string of the molecule is CC(CO)CC1(C=O)CCOC1. The van der Waals surface area contributed by atoms with Gasteiger partial charge in [0.15, 0.2) is 0 Å². The first-order valence-electron chi connectivity index (χ1n) is 4.37. The smallest absolute Gasteiger partial charge is 0.128 e. The fourth-order valence-electron chi connectivity index (χ4n) is 1.68. The summed E-state index contributed by atoms with van der Waals surface area (Å²) in [6, 6.07) is 0. The van der Waals surface area contributed by atoms with Crippen LogP contribution in [0.15, 0.2) is 0 Å². The molecule has 1 rings (SSSR count). The molecule has 0 aromatic rings. The van der Waals surface area contributed by atoms with Crippen LogP contribution in [0.2, 0.25) is 0 Å². The van der Waals surface area contributed by atoms with Crippen molar-refractivity contribution in [1.29, 1.82) is 0 Å². The maximum Gasteiger partial charge on any atom is 0.128 e. The van der Waals surface area contributed by atoms with Crippen LogP contribution in [0.5, 0.6) is 0 Å². The third kappa shape index (κ3) is 2.05. The molecule has 3 nitrogen and oxygen atoms in total. The van der Waals surface area contributed by atoms with E-state index in [1.54, 1.807) is 0 Å². The highest BCUT2D eigenvalue weighted by Gasteiger charge is 2.35. The van der Waals surface area contributed by atoms with E-state index in [0.29, 0.717) is 13.2 Å². The van der Waals surface area contributed by atoms with Crippen LogP contribution in [0.4, 0.5) is 0 Å². The van der Waals surface area contributed by atoms with Gasteiger partial charge in [0, 0.05) is 13.2 Å². The normalized spacial score (nSPS) is 31.8. The second-order valence-corrected chi connectivity index (χ2v) is 3.77. The van der Waals surface area contributed by atoms with Crippen LogP contribution < -0.4 is 0 Å². The summed E-state index contributed by atoms with van der Waals surface area (Å²) in [6.45, 7) is 3.30. The average Bonchev–Trinajstić information content (AvgIpc) is 2.54. The molecule has 2 atom stereocenters. The van der Waals surface area contributed by atoms with Crippen LogP contribution in [0.1, 0.15) is 19.8 Å². The van der Waals surface area contributed by atoms with Crippen LogP contribution in [0.3, 0.4) is 0 Å². The Hall–Kier alpha value is -0.410. The number of hydrogen-bond donors (Lipinski definition) is 1. The van der Waals surface area contributed by atoms with Crippen molar-refractivity contribution in [3.8, 4) is 0 Å². The highest BCUT2D eigenvalue weighted by atomic mass is 16.5. The standard InChI is InChI=1S/C9H16O3/c1-8(5-10)4-9(6-11)2-3-12-7-9/h6,8,10H,2-5,7H2,1H3. The van der Waals surface area contributed by atoms with E-state index in [0.717, 1.165) is 19.1 Å². The average molecular weight is 172 g/mol. The van der Waals surface area contributed by atoms with Gasteiger partial charge in [-0.25, -0.2) is 0 Å². The number of aldehydes is 1. The fraction of sp³-hybridized carbons (Fsp3) is 0.889. The van der Waals surface area contributed by atoms with Gasteiger partial charge >= 0.3 is 0 Å². The fourth-order valence-corrected chi connectivity index (χ4v) is 1.68. The number of aliphatic hydroxyl groups excluding tert-OH is 1. The van der Waals surface area contributed by atoms with Crippen molar-refractivity contribution in [3.05, 3.63) is 0 Å². The molecule has 2 unspecified atom stereocenters. The Kier molecular flexibility index (Phi) is 3.23. The van der Waals surface area contributed by atoms with Gasteiger partial charge in [0.1, 0.15) is 6.29 Å². The van der Waals surface area contributed by atoms with Crippen molar-refractivity contribution in [2.24, 2.45) is 11.3 Å². The van der Waals surface area contributed by atoms with Crippen LogP contribution in [0.25, 0.3) is 0 Å². The monoisotopic (exact) mass is 172 g/mol. The number of ether oxygens (including phenoxy) is 1. The lowest BCUT2D eigenvalue weighted by atomic mass is 9.81. The van der Waals surface area contributed by atoms with Gasteiger partial charge in [-0.15, -0.1) is 0 Å². The Morgan fingerprint density at radius 2 is 2.50 bits per heavy atom. The van der Waals surface area contributed by atoms with E-state index >= 15 is 0 Å². The van der Waals surface area contributed by atoms with Gasteiger partial charge in [0.25, 0.3) is 0 Å². The molecule has 70 valence electrons. The Morgan fingerprint density at radius 3 is 2.92 bits per heavy atom. The van der Waals surface area contributed by atoms with Gasteiger partial charge in [0.05, 0.1) is 12.0 Å². The number of carbonyl (C=O) groups excluding carboxylic acids is 1. The molecule has 1 saturated heterocycles. The molecule has 0 saturated carbocycles. The van der Waals surface area contributed by atoms with Gasteiger partial charge in [-0.1, -0.05) is 6.92 Å². The van der Waals surface area contributed by atoms with Gasteiger partial charge in [-0.2, -0.15) is 0 Å². The molecule has 0 spiro atoms. The minimum atomic E-state index is -0.303. The molecule has 0 aromatic carbocycles. The molecule has 0 aliphatic carbocycles. The molecule has 1 fully saturated rings. The maximum absolute atomic E-state index is 10.8. The first-order valence-corrected chi connectivity index (χ1v) is 4.37. The van der Waals surface area contributed by atoms with Crippen LogP contribution in [-0.2, 0) is 9.53 Å². The summed E-state index contributed by atoms with van der Waals surface area (Å²) in [7, 11) is 0. The predicted molar refractivity (Wildman–Crippen MR) is 44.8 cm³/mol. The summed E-state index contributed by atoms with van der Waals surface area (Å²) in [5, 5.41) is 8.85. The van der Waals surface area contributed by atoms with E-state index in [1.807, 2.05) is 6.92 Å². The van der Waals surface area contributed by atoms with Gasteiger partial charge in [-0.05, 0) is 18.8 Å². The van der Waals surface area contributed by atoms with Crippen LogP contribution in [-0.4, -0.2) is 31.2 Å². The second kappa shape index (κ2) is 4.01. The Bertz CT molecular complexity index is 150. The topological polar surface area (TPSA) is 46.5 Å². The van der Waals surface area contributed by atoms with E-state index in [9.17, 15) is 4.79 Å². The summed E-state index contributed by atoms with van der Waals surface area (Å²) in [5.74, 6) is 0.192. The number of carbonyl (C=O) groups is 1. The molecule has 3 heteroatoms. The third-order valence-electron chi connectivity index (χ3n) is 2.45. The van der Waals surface area contributed by atoms with E-state index < -0.39 is 0 Å². The zero-order chi connectivity index (χ0) is 9.03. The molecule has 0 radical (unpaired) electrons. The molecular formula is C9H16O3. The molecule has 0 amide bonds. The highest BCUT2D eigenvalue weighted by molar-refractivity contribution is 5.60. The Labute approximate surface area is 72.7 Å². The molecule has 12 heavy (non-hydrogen) atoms. The lowest BCUT2D eigenvalue weighted by Gasteiger charge is -2.22. The predicted octanol–water partition coefficient (Wildman–Crippen LogP) is 0.611. The highest BCUT2D eigenvalue weighted by Crippen LogP contribution is 2.32. The number of rotatable bonds is 4. The molecule has 1 aliphatic rings. The van der Waals surface area contributed by atoms with Crippen molar-refractivity contribution in [2.75, 3.05) is 19.8 Å². The lowest BCUT2D eigenvalue weighted by Crippen LogP contribution is -2.26. The minimum absolute atomic E-state index is 0.148. The van der Waals surface area contributed by atoms with E-state index in [2.05, 4.69) is 0 Å².